The Labute approximate surface area is 129 Å². The average molecular weight is 311 g/mol. The summed E-state index contributed by atoms with van der Waals surface area (Å²) in [4.78, 5) is 0. The van der Waals surface area contributed by atoms with Crippen molar-refractivity contribution < 1.29 is 8.78 Å². The van der Waals surface area contributed by atoms with Gasteiger partial charge in [-0.3, -0.25) is 0 Å². The molecule has 4 aromatic rings. The van der Waals surface area contributed by atoms with Gasteiger partial charge in [-0.05, 0) is 24.3 Å². The van der Waals surface area contributed by atoms with Crippen LogP contribution in [0.1, 0.15) is 0 Å². The molecule has 0 aliphatic rings. The third-order valence-corrected chi connectivity index (χ3v) is 4.88. The van der Waals surface area contributed by atoms with Gasteiger partial charge in [0.2, 0.25) is 0 Å². The Balaban J connectivity index is 1.94. The van der Waals surface area contributed by atoms with Crippen molar-refractivity contribution in [2.75, 3.05) is 5.32 Å². The van der Waals surface area contributed by atoms with E-state index in [1.165, 1.54) is 23.5 Å². The predicted octanol–water partition coefficient (Wildman–Crippen LogP) is 6.08. The van der Waals surface area contributed by atoms with E-state index >= 15 is 0 Å². The molecule has 22 heavy (non-hydrogen) atoms. The van der Waals surface area contributed by atoms with E-state index in [0.29, 0.717) is 10.4 Å². The topological polar surface area (TPSA) is 12.0 Å². The zero-order chi connectivity index (χ0) is 15.1. The van der Waals surface area contributed by atoms with E-state index in [1.807, 2.05) is 24.3 Å². The normalized spacial score (nSPS) is 11.2. The van der Waals surface area contributed by atoms with Gasteiger partial charge in [0.05, 0.1) is 20.8 Å². The summed E-state index contributed by atoms with van der Waals surface area (Å²) in [6.07, 6.45) is 0. The number of para-hydroxylation sites is 1. The molecule has 0 spiro atoms. The number of hydrogen-bond donors (Lipinski definition) is 1. The van der Waals surface area contributed by atoms with Crippen LogP contribution in [0.2, 0.25) is 0 Å². The van der Waals surface area contributed by atoms with Crippen molar-refractivity contribution in [3.63, 3.8) is 0 Å². The molecule has 0 saturated heterocycles. The van der Waals surface area contributed by atoms with E-state index in [4.69, 9.17) is 0 Å². The maximum Gasteiger partial charge on any atom is 0.146 e. The molecule has 0 fully saturated rings. The molecule has 1 nitrogen and oxygen atoms in total. The highest BCUT2D eigenvalue weighted by molar-refractivity contribution is 7.26. The van der Waals surface area contributed by atoms with Crippen molar-refractivity contribution in [1.82, 2.24) is 0 Å². The van der Waals surface area contributed by atoms with Crippen molar-refractivity contribution in [1.29, 1.82) is 0 Å². The fraction of sp³-hybridized carbons (Fsp3) is 0. The van der Waals surface area contributed by atoms with Crippen molar-refractivity contribution in [2.24, 2.45) is 0 Å². The van der Waals surface area contributed by atoms with Crippen LogP contribution in [-0.4, -0.2) is 0 Å². The smallest absolute Gasteiger partial charge is 0.146 e. The Morgan fingerprint density at radius 1 is 0.636 bits per heavy atom. The van der Waals surface area contributed by atoms with Gasteiger partial charge in [0.1, 0.15) is 11.6 Å². The van der Waals surface area contributed by atoms with Gasteiger partial charge in [-0.15, -0.1) is 11.3 Å². The molecule has 1 heterocycles. The summed E-state index contributed by atoms with van der Waals surface area (Å²) in [7, 11) is 0. The molecule has 0 saturated carbocycles. The van der Waals surface area contributed by atoms with Gasteiger partial charge in [0.15, 0.2) is 0 Å². The summed E-state index contributed by atoms with van der Waals surface area (Å²) in [6, 6.07) is 17.3. The Hall–Kier alpha value is -2.46. The third kappa shape index (κ3) is 2.04. The van der Waals surface area contributed by atoms with Crippen LogP contribution >= 0.6 is 11.3 Å². The molecule has 0 atom stereocenters. The van der Waals surface area contributed by atoms with Crippen LogP contribution in [-0.2, 0) is 0 Å². The predicted molar refractivity (Wildman–Crippen MR) is 89.0 cm³/mol. The molecule has 3 aromatic carbocycles. The van der Waals surface area contributed by atoms with Crippen LogP contribution in [0.15, 0.2) is 60.7 Å². The van der Waals surface area contributed by atoms with Gasteiger partial charge in [-0.1, -0.05) is 36.4 Å². The molecule has 1 aromatic heterocycles. The number of anilines is 2. The summed E-state index contributed by atoms with van der Waals surface area (Å²) in [5, 5.41) is 4.97. The van der Waals surface area contributed by atoms with E-state index in [0.717, 1.165) is 21.2 Å². The van der Waals surface area contributed by atoms with E-state index in [1.54, 1.807) is 24.3 Å². The molecule has 4 rings (SSSR count). The second-order valence-electron chi connectivity index (χ2n) is 5.01. The lowest BCUT2D eigenvalue weighted by Crippen LogP contribution is -1.93. The number of hydrogen-bond acceptors (Lipinski definition) is 2. The minimum atomic E-state index is -0.313. The van der Waals surface area contributed by atoms with Crippen molar-refractivity contribution in [3.05, 3.63) is 72.3 Å². The summed E-state index contributed by atoms with van der Waals surface area (Å²) in [6.45, 7) is 0. The maximum absolute atomic E-state index is 14.0. The highest BCUT2D eigenvalue weighted by Crippen LogP contribution is 2.40. The van der Waals surface area contributed by atoms with Gasteiger partial charge >= 0.3 is 0 Å². The third-order valence-electron chi connectivity index (χ3n) is 3.62. The van der Waals surface area contributed by atoms with Gasteiger partial charge < -0.3 is 5.32 Å². The van der Waals surface area contributed by atoms with E-state index in [-0.39, 0.29) is 11.6 Å². The molecule has 0 unspecified atom stereocenters. The Bertz CT molecular complexity index is 991. The second kappa shape index (κ2) is 5.07. The van der Waals surface area contributed by atoms with Crippen LogP contribution in [0, 0.1) is 11.6 Å². The lowest BCUT2D eigenvalue weighted by molar-refractivity contribution is 0.632. The molecule has 0 aliphatic carbocycles. The SMILES string of the molecule is Fc1ccccc1Nc1cccc2c1sc1c(F)cccc12. The largest absolute Gasteiger partial charge is 0.352 e. The van der Waals surface area contributed by atoms with Gasteiger partial charge in [0.25, 0.3) is 0 Å². The van der Waals surface area contributed by atoms with E-state index in [2.05, 4.69) is 5.32 Å². The summed E-state index contributed by atoms with van der Waals surface area (Å²) in [5.74, 6) is -0.540. The summed E-state index contributed by atoms with van der Waals surface area (Å²) >= 11 is 1.38. The van der Waals surface area contributed by atoms with Crippen molar-refractivity contribution in [2.45, 2.75) is 0 Å². The number of rotatable bonds is 2. The van der Waals surface area contributed by atoms with Gasteiger partial charge in [-0.25, -0.2) is 8.78 Å². The number of benzene rings is 3. The molecule has 0 bridgehead atoms. The van der Waals surface area contributed by atoms with E-state index < -0.39 is 0 Å². The zero-order valence-corrected chi connectivity index (χ0v) is 12.3. The number of thiophene rings is 1. The monoisotopic (exact) mass is 311 g/mol. The standard InChI is InChI=1S/C18H11F2NS/c19-13-7-1-2-9-15(13)21-16-10-4-6-12-11-5-3-8-14(20)17(11)22-18(12)16/h1-10,21H. The molecule has 4 heteroatoms. The Kier molecular flexibility index (Phi) is 3.05. The first-order valence-corrected chi connectivity index (χ1v) is 7.67. The van der Waals surface area contributed by atoms with Crippen LogP contribution in [0.4, 0.5) is 20.2 Å². The van der Waals surface area contributed by atoms with Crippen molar-refractivity contribution in [3.8, 4) is 0 Å². The number of nitrogens with one attached hydrogen (secondary N) is 1. The lowest BCUT2D eigenvalue weighted by atomic mass is 10.1. The molecule has 0 radical (unpaired) electrons. The Morgan fingerprint density at radius 2 is 1.27 bits per heavy atom. The summed E-state index contributed by atoms with van der Waals surface area (Å²) in [5.41, 5.74) is 1.19. The molecular weight excluding hydrogens is 300 g/mol. The fourth-order valence-electron chi connectivity index (χ4n) is 2.59. The van der Waals surface area contributed by atoms with Crippen LogP contribution in [0.5, 0.6) is 0 Å². The number of fused-ring (bicyclic) bond motifs is 3. The maximum atomic E-state index is 14.0. The van der Waals surface area contributed by atoms with Gasteiger partial charge in [-0.2, -0.15) is 0 Å². The fourth-order valence-corrected chi connectivity index (χ4v) is 3.77. The van der Waals surface area contributed by atoms with Gasteiger partial charge in [0, 0.05) is 10.8 Å². The average Bonchev–Trinajstić information content (AvgIpc) is 2.91. The first-order chi connectivity index (χ1) is 10.7. The Morgan fingerprint density at radius 3 is 2.09 bits per heavy atom. The molecular formula is C18H11F2NS. The molecule has 1 N–H and O–H groups in total. The lowest BCUT2D eigenvalue weighted by Gasteiger charge is -2.08. The number of halogens is 2. The highest BCUT2D eigenvalue weighted by Gasteiger charge is 2.12. The first-order valence-electron chi connectivity index (χ1n) is 6.85. The molecule has 0 amide bonds. The van der Waals surface area contributed by atoms with Crippen LogP contribution in [0.3, 0.4) is 0 Å². The van der Waals surface area contributed by atoms with Crippen LogP contribution in [0.25, 0.3) is 20.2 Å². The van der Waals surface area contributed by atoms with Crippen molar-refractivity contribution >= 4 is 42.9 Å². The minimum Gasteiger partial charge on any atom is -0.352 e. The highest BCUT2D eigenvalue weighted by atomic mass is 32.1. The minimum absolute atomic E-state index is 0.226. The first kappa shape index (κ1) is 13.2. The van der Waals surface area contributed by atoms with Crippen LogP contribution < -0.4 is 5.32 Å². The zero-order valence-electron chi connectivity index (χ0n) is 11.4. The quantitative estimate of drug-likeness (QED) is 0.473. The molecule has 108 valence electrons. The summed E-state index contributed by atoms with van der Waals surface area (Å²) < 4.78 is 29.3. The second-order valence-corrected chi connectivity index (χ2v) is 6.03. The van der Waals surface area contributed by atoms with E-state index in [9.17, 15) is 8.78 Å². The molecule has 0 aliphatic heterocycles.